The highest BCUT2D eigenvalue weighted by atomic mass is 35.5. The Morgan fingerprint density at radius 1 is 1.26 bits per heavy atom. The van der Waals surface area contributed by atoms with Crippen molar-refractivity contribution in [3.05, 3.63) is 35.4 Å². The lowest BCUT2D eigenvalue weighted by Gasteiger charge is -2.50. The Morgan fingerprint density at radius 2 is 2.10 bits per heavy atom. The number of nitrogens with zero attached hydrogens (tertiary/aromatic N) is 3. The third-order valence-electron chi connectivity index (χ3n) is 5.96. The highest BCUT2D eigenvalue weighted by Crippen LogP contribution is 2.38. The van der Waals surface area contributed by atoms with Gasteiger partial charge in [0.1, 0.15) is 11.9 Å². The standard InChI is InChI=1S/C21H26BClFN3O4/c1-22(28)27-14-4-3-5-17(27)21(24)19(11-14)31-20-9-8-16(25-26-20)15-7-6-13(23)10-18(15)30-12-29-2/h6-10,14,17,19,21,28H,3-5,11-12H2,1-2H3/t14?,17?,19-,21+/m0/s1. The van der Waals surface area contributed by atoms with Gasteiger partial charge in [0.25, 0.3) is 0 Å². The van der Waals surface area contributed by atoms with Gasteiger partial charge in [0.15, 0.2) is 13.0 Å². The van der Waals surface area contributed by atoms with E-state index >= 15 is 4.39 Å². The van der Waals surface area contributed by atoms with Crippen LogP contribution in [0.5, 0.6) is 11.6 Å². The average molecular weight is 450 g/mol. The fraction of sp³-hybridized carbons (Fsp3) is 0.524. The lowest BCUT2D eigenvalue weighted by atomic mass is 9.71. The van der Waals surface area contributed by atoms with Crippen LogP contribution in [-0.4, -0.2) is 65.3 Å². The van der Waals surface area contributed by atoms with Crippen molar-refractivity contribution in [3.63, 3.8) is 0 Å². The van der Waals surface area contributed by atoms with E-state index in [0.717, 1.165) is 12.8 Å². The molecule has 10 heteroatoms. The number of methoxy groups -OCH3 is 1. The van der Waals surface area contributed by atoms with Crippen molar-refractivity contribution in [2.45, 2.75) is 56.9 Å². The second-order valence-electron chi connectivity index (χ2n) is 8.02. The van der Waals surface area contributed by atoms with Gasteiger partial charge < -0.3 is 24.0 Å². The molecular weight excluding hydrogens is 424 g/mol. The molecule has 0 aliphatic carbocycles. The molecule has 1 aromatic heterocycles. The Kier molecular flexibility index (Phi) is 6.96. The summed E-state index contributed by atoms with van der Waals surface area (Å²) in [6, 6.07) is 8.43. The van der Waals surface area contributed by atoms with E-state index in [1.165, 1.54) is 7.11 Å². The Bertz CT molecular complexity index is 891. The first-order valence-electron chi connectivity index (χ1n) is 10.5. The Balaban J connectivity index is 1.49. The van der Waals surface area contributed by atoms with E-state index in [0.29, 0.717) is 34.9 Å². The summed E-state index contributed by atoms with van der Waals surface area (Å²) in [6.45, 7) is 1.78. The number of benzene rings is 1. The largest absolute Gasteiger partial charge is 0.470 e. The quantitative estimate of drug-likeness (QED) is 0.511. The maximum Gasteiger partial charge on any atom is 0.376 e. The van der Waals surface area contributed by atoms with Crippen LogP contribution < -0.4 is 9.47 Å². The van der Waals surface area contributed by atoms with Crippen LogP contribution in [0.1, 0.15) is 25.7 Å². The predicted octanol–water partition coefficient (Wildman–Crippen LogP) is 3.60. The van der Waals surface area contributed by atoms with Crippen LogP contribution in [0.3, 0.4) is 0 Å². The van der Waals surface area contributed by atoms with Gasteiger partial charge in [0.05, 0.1) is 5.69 Å². The van der Waals surface area contributed by atoms with E-state index in [2.05, 4.69) is 10.2 Å². The molecule has 0 saturated carbocycles. The first kappa shape index (κ1) is 22.3. The molecule has 2 aromatic rings. The summed E-state index contributed by atoms with van der Waals surface area (Å²) in [7, 11) is 0.871. The maximum atomic E-state index is 15.2. The van der Waals surface area contributed by atoms with Gasteiger partial charge in [-0.2, -0.15) is 0 Å². The third kappa shape index (κ3) is 4.79. The Hall–Kier alpha value is -1.94. The lowest BCUT2D eigenvalue weighted by Crippen LogP contribution is -2.64. The summed E-state index contributed by atoms with van der Waals surface area (Å²) >= 11 is 6.07. The number of rotatable bonds is 7. The van der Waals surface area contributed by atoms with Gasteiger partial charge in [-0.05, 0) is 43.9 Å². The minimum atomic E-state index is -1.20. The third-order valence-corrected chi connectivity index (χ3v) is 6.20. The zero-order chi connectivity index (χ0) is 22.0. The Morgan fingerprint density at radius 3 is 2.81 bits per heavy atom. The number of halogens is 2. The van der Waals surface area contributed by atoms with Crippen LogP contribution in [0.4, 0.5) is 4.39 Å². The van der Waals surface area contributed by atoms with Gasteiger partial charge >= 0.3 is 7.05 Å². The van der Waals surface area contributed by atoms with Crippen molar-refractivity contribution in [1.82, 2.24) is 15.0 Å². The molecule has 7 nitrogen and oxygen atoms in total. The van der Waals surface area contributed by atoms with Gasteiger partial charge in [-0.25, -0.2) is 4.39 Å². The van der Waals surface area contributed by atoms with E-state index in [9.17, 15) is 5.02 Å². The molecule has 2 aliphatic rings. The van der Waals surface area contributed by atoms with Gasteiger partial charge in [0.2, 0.25) is 5.88 Å². The van der Waals surface area contributed by atoms with Crippen LogP contribution in [0.15, 0.2) is 30.3 Å². The molecule has 2 aliphatic heterocycles. The van der Waals surface area contributed by atoms with Crippen LogP contribution in [0, 0.1) is 0 Å². The lowest BCUT2D eigenvalue weighted by molar-refractivity contribution is -0.0454. The number of aromatic nitrogens is 2. The monoisotopic (exact) mass is 449 g/mol. The highest BCUT2D eigenvalue weighted by Gasteiger charge is 2.48. The zero-order valence-electron chi connectivity index (χ0n) is 17.6. The summed E-state index contributed by atoms with van der Waals surface area (Å²) in [6.07, 6.45) is 1.32. The number of fused-ring (bicyclic) bond motifs is 2. The molecule has 166 valence electrons. The van der Waals surface area contributed by atoms with Gasteiger partial charge in [-0.15, -0.1) is 10.2 Å². The summed E-state index contributed by atoms with van der Waals surface area (Å²) in [5, 5.41) is 19.0. The average Bonchev–Trinajstić information content (AvgIpc) is 2.76. The van der Waals surface area contributed by atoms with Crippen LogP contribution >= 0.6 is 11.6 Å². The number of hydrogen-bond donors (Lipinski definition) is 1. The van der Waals surface area contributed by atoms with Crippen molar-refractivity contribution in [3.8, 4) is 22.9 Å². The smallest absolute Gasteiger partial charge is 0.376 e. The molecule has 0 spiro atoms. The van der Waals surface area contributed by atoms with E-state index in [4.69, 9.17) is 25.8 Å². The molecule has 1 aromatic carbocycles. The van der Waals surface area contributed by atoms with Gasteiger partial charge in [-0.3, -0.25) is 0 Å². The molecule has 2 unspecified atom stereocenters. The summed E-state index contributed by atoms with van der Waals surface area (Å²) in [5.41, 5.74) is 1.29. The van der Waals surface area contributed by atoms with E-state index in [1.807, 2.05) is 4.81 Å². The van der Waals surface area contributed by atoms with Crippen LogP contribution in [0.25, 0.3) is 11.3 Å². The molecule has 4 atom stereocenters. The fourth-order valence-corrected chi connectivity index (χ4v) is 4.83. The number of hydrogen-bond acceptors (Lipinski definition) is 7. The SMILES string of the molecule is COCOc1cc(Cl)ccc1-c1ccc(O[C@H]2CC3CCCC([C@H]2F)N3B(C)O)nn1. The second-order valence-corrected chi connectivity index (χ2v) is 8.45. The zero-order valence-corrected chi connectivity index (χ0v) is 18.3. The maximum absolute atomic E-state index is 15.2. The van der Waals surface area contributed by atoms with E-state index < -0.39 is 19.3 Å². The number of alkyl halides is 1. The fourth-order valence-electron chi connectivity index (χ4n) is 4.67. The van der Waals surface area contributed by atoms with Crippen molar-refractivity contribution in [1.29, 1.82) is 0 Å². The summed E-state index contributed by atoms with van der Waals surface area (Å²) in [5.74, 6) is 0.799. The molecule has 0 radical (unpaired) electrons. The summed E-state index contributed by atoms with van der Waals surface area (Å²) in [4.78, 5) is 1.89. The predicted molar refractivity (Wildman–Crippen MR) is 116 cm³/mol. The van der Waals surface area contributed by atoms with E-state index in [-0.39, 0.29) is 24.8 Å². The Labute approximate surface area is 186 Å². The first-order valence-corrected chi connectivity index (χ1v) is 10.9. The highest BCUT2D eigenvalue weighted by molar-refractivity contribution is 6.45. The van der Waals surface area contributed by atoms with Crippen molar-refractivity contribution < 1.29 is 23.6 Å². The summed E-state index contributed by atoms with van der Waals surface area (Å²) < 4.78 is 31.7. The van der Waals surface area contributed by atoms with Crippen LogP contribution in [-0.2, 0) is 4.74 Å². The molecular formula is C21H26BClFN3O4. The van der Waals surface area contributed by atoms with Gasteiger partial charge in [0, 0.05) is 42.3 Å². The minimum Gasteiger partial charge on any atom is -0.470 e. The van der Waals surface area contributed by atoms with Crippen molar-refractivity contribution in [2.75, 3.05) is 13.9 Å². The molecule has 1 N–H and O–H groups in total. The van der Waals surface area contributed by atoms with Crippen LogP contribution in [0.2, 0.25) is 11.8 Å². The minimum absolute atomic E-state index is 0.0767. The molecule has 2 saturated heterocycles. The topological polar surface area (TPSA) is 76.9 Å². The molecule has 4 rings (SSSR count). The molecule has 2 fully saturated rings. The number of piperidine rings is 2. The number of ether oxygens (including phenoxy) is 3. The molecule has 2 bridgehead atoms. The second kappa shape index (κ2) is 9.69. The van der Waals surface area contributed by atoms with Gasteiger partial charge in [-0.1, -0.05) is 18.0 Å². The normalized spacial score (nSPS) is 25.8. The van der Waals surface area contributed by atoms with E-state index in [1.54, 1.807) is 37.2 Å². The first-order chi connectivity index (χ1) is 15.0. The molecule has 31 heavy (non-hydrogen) atoms. The van der Waals surface area contributed by atoms with Crippen molar-refractivity contribution >= 4 is 18.7 Å². The molecule has 0 amide bonds. The van der Waals surface area contributed by atoms with Crippen molar-refractivity contribution in [2.24, 2.45) is 0 Å². The molecule has 3 heterocycles.